The van der Waals surface area contributed by atoms with E-state index in [4.69, 9.17) is 11.6 Å². The summed E-state index contributed by atoms with van der Waals surface area (Å²) in [7, 11) is 0. The molecule has 3 nitrogen and oxygen atoms in total. The lowest BCUT2D eigenvalue weighted by molar-refractivity contribution is -0.111. The molecule has 1 aromatic heterocycles. The van der Waals surface area contributed by atoms with Crippen LogP contribution in [0.15, 0.2) is 54.6 Å². The summed E-state index contributed by atoms with van der Waals surface area (Å²) in [5.74, 6) is -0.198. The number of fused-ring (bicyclic) bond motifs is 1. The number of hydrogen-bond donors (Lipinski definition) is 1. The third-order valence-electron chi connectivity index (χ3n) is 2.80. The summed E-state index contributed by atoms with van der Waals surface area (Å²) in [6, 6.07) is 14.9. The number of benzene rings is 2. The van der Waals surface area contributed by atoms with Gasteiger partial charge >= 0.3 is 0 Å². The lowest BCUT2D eigenvalue weighted by atomic mass is 10.3. The molecule has 0 fully saturated rings. The SMILES string of the molecule is O=C(C=Cc1nc2ccccc2s1)Nc1ccc(Cl)cc1. The summed E-state index contributed by atoms with van der Waals surface area (Å²) in [5.41, 5.74) is 1.65. The van der Waals surface area contributed by atoms with E-state index in [1.165, 1.54) is 6.08 Å². The molecular weight excluding hydrogens is 304 g/mol. The number of anilines is 1. The number of amides is 1. The van der Waals surface area contributed by atoms with Crippen molar-refractivity contribution in [2.24, 2.45) is 0 Å². The van der Waals surface area contributed by atoms with Gasteiger partial charge in [-0.1, -0.05) is 23.7 Å². The molecule has 0 aliphatic heterocycles. The Bertz CT molecular complexity index is 776. The van der Waals surface area contributed by atoms with Crippen LogP contribution in [-0.2, 0) is 4.79 Å². The normalized spacial score (nSPS) is 11.1. The van der Waals surface area contributed by atoms with Crippen LogP contribution in [0, 0.1) is 0 Å². The number of nitrogens with one attached hydrogen (secondary N) is 1. The number of hydrogen-bond acceptors (Lipinski definition) is 3. The van der Waals surface area contributed by atoms with E-state index in [2.05, 4.69) is 10.3 Å². The molecular formula is C16H11ClN2OS. The first-order chi connectivity index (χ1) is 10.2. The van der Waals surface area contributed by atoms with Gasteiger partial charge in [0.1, 0.15) is 5.01 Å². The Morgan fingerprint density at radius 3 is 2.67 bits per heavy atom. The molecule has 0 unspecified atom stereocenters. The minimum absolute atomic E-state index is 0.198. The van der Waals surface area contributed by atoms with E-state index in [9.17, 15) is 4.79 Å². The number of carbonyl (C=O) groups excluding carboxylic acids is 1. The van der Waals surface area contributed by atoms with Crippen molar-refractivity contribution in [3.8, 4) is 0 Å². The highest BCUT2D eigenvalue weighted by atomic mass is 35.5. The molecule has 0 aliphatic rings. The van der Waals surface area contributed by atoms with Gasteiger partial charge in [0.15, 0.2) is 0 Å². The summed E-state index contributed by atoms with van der Waals surface area (Å²) >= 11 is 7.35. The van der Waals surface area contributed by atoms with Crippen LogP contribution in [0.3, 0.4) is 0 Å². The first-order valence-corrected chi connectivity index (χ1v) is 7.50. The van der Waals surface area contributed by atoms with Crippen molar-refractivity contribution >= 4 is 50.8 Å². The number of aromatic nitrogens is 1. The van der Waals surface area contributed by atoms with Gasteiger partial charge in [-0.25, -0.2) is 4.98 Å². The monoisotopic (exact) mass is 314 g/mol. The number of thiazole rings is 1. The Hall–Kier alpha value is -2.17. The Morgan fingerprint density at radius 2 is 1.90 bits per heavy atom. The second-order valence-corrected chi connectivity index (χ2v) is 5.85. The zero-order chi connectivity index (χ0) is 14.7. The van der Waals surface area contributed by atoms with Crippen molar-refractivity contribution in [3.63, 3.8) is 0 Å². The first kappa shape index (κ1) is 13.8. The number of halogens is 1. The standard InChI is InChI=1S/C16H11ClN2OS/c17-11-5-7-12(8-6-11)18-15(20)9-10-16-19-13-3-1-2-4-14(13)21-16/h1-10H,(H,18,20). The highest BCUT2D eigenvalue weighted by molar-refractivity contribution is 7.19. The molecule has 21 heavy (non-hydrogen) atoms. The predicted molar refractivity (Wildman–Crippen MR) is 88.7 cm³/mol. The largest absolute Gasteiger partial charge is 0.323 e. The first-order valence-electron chi connectivity index (χ1n) is 6.31. The van der Waals surface area contributed by atoms with E-state index in [0.29, 0.717) is 10.7 Å². The smallest absolute Gasteiger partial charge is 0.248 e. The van der Waals surface area contributed by atoms with Crippen molar-refractivity contribution in [1.82, 2.24) is 4.98 Å². The fraction of sp³-hybridized carbons (Fsp3) is 0. The fourth-order valence-corrected chi connectivity index (χ4v) is 2.82. The number of rotatable bonds is 3. The maximum Gasteiger partial charge on any atom is 0.248 e. The van der Waals surface area contributed by atoms with Crippen molar-refractivity contribution in [2.45, 2.75) is 0 Å². The van der Waals surface area contributed by atoms with E-state index in [1.54, 1.807) is 41.7 Å². The lowest BCUT2D eigenvalue weighted by Crippen LogP contribution is -2.07. The Kier molecular flexibility index (Phi) is 3.99. The third-order valence-corrected chi connectivity index (χ3v) is 4.05. The summed E-state index contributed by atoms with van der Waals surface area (Å²) in [6.07, 6.45) is 3.20. The van der Waals surface area contributed by atoms with E-state index >= 15 is 0 Å². The van der Waals surface area contributed by atoms with Gasteiger partial charge < -0.3 is 5.32 Å². The van der Waals surface area contributed by atoms with Gasteiger partial charge in [-0.2, -0.15) is 0 Å². The van der Waals surface area contributed by atoms with Crippen LogP contribution in [0.25, 0.3) is 16.3 Å². The van der Waals surface area contributed by atoms with Crippen molar-refractivity contribution in [3.05, 3.63) is 64.6 Å². The zero-order valence-electron chi connectivity index (χ0n) is 10.9. The second-order valence-electron chi connectivity index (χ2n) is 4.35. The molecule has 3 aromatic rings. The quantitative estimate of drug-likeness (QED) is 0.718. The van der Waals surface area contributed by atoms with Crippen LogP contribution >= 0.6 is 22.9 Å². The molecule has 0 spiro atoms. The maximum absolute atomic E-state index is 11.8. The van der Waals surface area contributed by atoms with E-state index in [1.807, 2.05) is 24.3 Å². The van der Waals surface area contributed by atoms with Gasteiger partial charge in [0.2, 0.25) is 5.91 Å². The molecule has 0 bridgehead atoms. The van der Waals surface area contributed by atoms with Gasteiger partial charge in [-0.15, -0.1) is 11.3 Å². The van der Waals surface area contributed by atoms with E-state index in [-0.39, 0.29) is 5.91 Å². The van der Waals surface area contributed by atoms with Gasteiger partial charge in [0, 0.05) is 16.8 Å². The molecule has 1 N–H and O–H groups in total. The molecule has 5 heteroatoms. The van der Waals surface area contributed by atoms with Crippen LogP contribution < -0.4 is 5.32 Å². The van der Waals surface area contributed by atoms with Crippen LogP contribution in [0.5, 0.6) is 0 Å². The summed E-state index contributed by atoms with van der Waals surface area (Å²) < 4.78 is 1.11. The number of carbonyl (C=O) groups is 1. The predicted octanol–water partition coefficient (Wildman–Crippen LogP) is 4.60. The average molecular weight is 315 g/mol. The van der Waals surface area contributed by atoms with Crippen molar-refractivity contribution < 1.29 is 4.79 Å². The number of para-hydroxylation sites is 1. The van der Waals surface area contributed by atoms with Crippen LogP contribution in [0.2, 0.25) is 5.02 Å². The Morgan fingerprint density at radius 1 is 1.14 bits per heavy atom. The maximum atomic E-state index is 11.8. The summed E-state index contributed by atoms with van der Waals surface area (Å²) in [4.78, 5) is 16.3. The molecule has 0 saturated carbocycles. The molecule has 1 amide bonds. The Labute approximate surface area is 130 Å². The molecule has 1 heterocycles. The molecule has 0 aliphatic carbocycles. The highest BCUT2D eigenvalue weighted by Gasteiger charge is 2.01. The second kappa shape index (κ2) is 6.08. The van der Waals surface area contributed by atoms with Crippen molar-refractivity contribution in [2.75, 3.05) is 5.32 Å². The van der Waals surface area contributed by atoms with Crippen LogP contribution in [0.1, 0.15) is 5.01 Å². The van der Waals surface area contributed by atoms with Gasteiger partial charge in [0.05, 0.1) is 10.2 Å². The molecule has 3 rings (SSSR count). The molecule has 2 aromatic carbocycles. The van der Waals surface area contributed by atoms with E-state index in [0.717, 1.165) is 15.2 Å². The average Bonchev–Trinajstić information content (AvgIpc) is 2.90. The minimum Gasteiger partial charge on any atom is -0.323 e. The van der Waals surface area contributed by atoms with Gasteiger partial charge in [-0.3, -0.25) is 4.79 Å². The lowest BCUT2D eigenvalue weighted by Gasteiger charge is -2.01. The van der Waals surface area contributed by atoms with Crippen LogP contribution in [-0.4, -0.2) is 10.9 Å². The summed E-state index contributed by atoms with van der Waals surface area (Å²) in [6.45, 7) is 0. The molecule has 104 valence electrons. The molecule has 0 saturated heterocycles. The molecule has 0 radical (unpaired) electrons. The van der Waals surface area contributed by atoms with Crippen LogP contribution in [0.4, 0.5) is 5.69 Å². The topological polar surface area (TPSA) is 42.0 Å². The number of nitrogens with zero attached hydrogens (tertiary/aromatic N) is 1. The van der Waals surface area contributed by atoms with Crippen molar-refractivity contribution in [1.29, 1.82) is 0 Å². The fourth-order valence-electron chi connectivity index (χ4n) is 1.83. The van der Waals surface area contributed by atoms with Gasteiger partial charge in [-0.05, 0) is 42.5 Å². The summed E-state index contributed by atoms with van der Waals surface area (Å²) in [5, 5.41) is 4.21. The zero-order valence-corrected chi connectivity index (χ0v) is 12.5. The minimum atomic E-state index is -0.198. The third kappa shape index (κ3) is 3.48. The molecule has 0 atom stereocenters. The Balaban J connectivity index is 1.70. The highest BCUT2D eigenvalue weighted by Crippen LogP contribution is 2.22. The van der Waals surface area contributed by atoms with Gasteiger partial charge in [0.25, 0.3) is 0 Å². The van der Waals surface area contributed by atoms with E-state index < -0.39 is 0 Å².